The van der Waals surface area contributed by atoms with E-state index in [2.05, 4.69) is 4.99 Å². The summed E-state index contributed by atoms with van der Waals surface area (Å²) in [5.74, 6) is 0.540. The van der Waals surface area contributed by atoms with Crippen molar-refractivity contribution in [1.82, 2.24) is 4.90 Å². The summed E-state index contributed by atoms with van der Waals surface area (Å²) >= 11 is 0. The van der Waals surface area contributed by atoms with Crippen LogP contribution in [0.3, 0.4) is 0 Å². The van der Waals surface area contributed by atoms with Crippen LogP contribution < -0.4 is 4.74 Å². The molecule has 0 aliphatic carbocycles. The molecule has 5 nitrogen and oxygen atoms in total. The van der Waals surface area contributed by atoms with E-state index in [9.17, 15) is 9.90 Å². The summed E-state index contributed by atoms with van der Waals surface area (Å²) < 4.78 is 5.13. The third kappa shape index (κ3) is 1.67. The Morgan fingerprint density at radius 3 is 3.11 bits per heavy atom. The maximum absolute atomic E-state index is 12.4. The normalized spacial score (nSPS) is 25.7. The number of aliphatic hydroxyl groups excluding tert-OH is 1. The topological polar surface area (TPSA) is 62.1 Å². The van der Waals surface area contributed by atoms with Crippen LogP contribution >= 0.6 is 0 Å². The van der Waals surface area contributed by atoms with E-state index in [0.717, 1.165) is 0 Å². The summed E-state index contributed by atoms with van der Waals surface area (Å²) in [5, 5.41) is 9.64. The first-order valence-corrected chi connectivity index (χ1v) is 5.90. The highest BCUT2D eigenvalue weighted by atomic mass is 16.5. The van der Waals surface area contributed by atoms with Gasteiger partial charge in [-0.3, -0.25) is 9.79 Å². The van der Waals surface area contributed by atoms with Gasteiger partial charge in [0, 0.05) is 19.2 Å². The monoisotopic (exact) mass is 246 g/mol. The largest absolute Gasteiger partial charge is 0.497 e. The number of rotatable bonds is 1. The number of ether oxygens (including phenoxy) is 1. The van der Waals surface area contributed by atoms with E-state index in [0.29, 0.717) is 30.0 Å². The molecule has 1 N–H and O–H groups in total. The van der Waals surface area contributed by atoms with E-state index in [-0.39, 0.29) is 11.9 Å². The van der Waals surface area contributed by atoms with Crippen molar-refractivity contribution in [2.45, 2.75) is 18.6 Å². The molecule has 0 saturated carbocycles. The molecular weight excluding hydrogens is 232 g/mol. The van der Waals surface area contributed by atoms with Crippen LogP contribution in [0, 0.1) is 0 Å². The lowest BCUT2D eigenvalue weighted by Gasteiger charge is -2.19. The fourth-order valence-corrected chi connectivity index (χ4v) is 2.46. The Kier molecular flexibility index (Phi) is 2.56. The zero-order valence-corrected chi connectivity index (χ0v) is 10.0. The molecule has 2 atom stereocenters. The van der Waals surface area contributed by atoms with Gasteiger partial charge in [0.05, 0.1) is 30.5 Å². The van der Waals surface area contributed by atoms with Gasteiger partial charge < -0.3 is 14.7 Å². The molecule has 0 radical (unpaired) electrons. The smallest absolute Gasteiger partial charge is 0.256 e. The predicted octanol–water partition coefficient (Wildman–Crippen LogP) is 0.986. The maximum atomic E-state index is 12.4. The van der Waals surface area contributed by atoms with Crippen LogP contribution in [0.2, 0.25) is 0 Å². The van der Waals surface area contributed by atoms with Crippen LogP contribution in [0.5, 0.6) is 5.75 Å². The number of carbonyl (C=O) groups excluding carboxylic acids is 1. The van der Waals surface area contributed by atoms with Crippen LogP contribution in [0.1, 0.15) is 16.8 Å². The molecular formula is C13H14N2O3. The van der Waals surface area contributed by atoms with Crippen LogP contribution in [-0.4, -0.2) is 47.9 Å². The zero-order chi connectivity index (χ0) is 12.7. The van der Waals surface area contributed by atoms with Crippen molar-refractivity contribution in [3.8, 4) is 5.75 Å². The molecule has 0 aromatic heterocycles. The first-order valence-electron chi connectivity index (χ1n) is 5.90. The van der Waals surface area contributed by atoms with Crippen LogP contribution in [-0.2, 0) is 0 Å². The molecule has 1 amide bonds. The minimum absolute atomic E-state index is 0.0945. The average Bonchev–Trinajstić information content (AvgIpc) is 2.71. The quantitative estimate of drug-likeness (QED) is 0.803. The highest BCUT2D eigenvalue weighted by Crippen LogP contribution is 2.31. The summed E-state index contributed by atoms with van der Waals surface area (Å²) in [4.78, 5) is 18.4. The van der Waals surface area contributed by atoms with Gasteiger partial charge in [0.15, 0.2) is 0 Å². The molecule has 2 aliphatic heterocycles. The zero-order valence-electron chi connectivity index (χ0n) is 10.0. The molecule has 3 rings (SSSR count). The van der Waals surface area contributed by atoms with E-state index in [4.69, 9.17) is 4.74 Å². The number of hydrogen-bond donors (Lipinski definition) is 1. The maximum Gasteiger partial charge on any atom is 0.256 e. The molecule has 18 heavy (non-hydrogen) atoms. The minimum Gasteiger partial charge on any atom is -0.497 e. The van der Waals surface area contributed by atoms with Gasteiger partial charge in [0.2, 0.25) is 0 Å². The van der Waals surface area contributed by atoms with Crippen molar-refractivity contribution < 1.29 is 14.6 Å². The van der Waals surface area contributed by atoms with E-state index in [1.165, 1.54) is 0 Å². The predicted molar refractivity (Wildman–Crippen MR) is 66.6 cm³/mol. The molecule has 94 valence electrons. The minimum atomic E-state index is -0.461. The Morgan fingerprint density at radius 1 is 1.50 bits per heavy atom. The van der Waals surface area contributed by atoms with Gasteiger partial charge in [0.25, 0.3) is 5.91 Å². The first kappa shape index (κ1) is 11.2. The Balaban J connectivity index is 2.05. The Bertz CT molecular complexity index is 527. The molecule has 0 bridgehead atoms. The first-order chi connectivity index (χ1) is 8.69. The Hall–Kier alpha value is -1.88. The summed E-state index contributed by atoms with van der Waals surface area (Å²) in [7, 11) is 1.56. The number of fused-ring (bicyclic) bond motifs is 2. The van der Waals surface area contributed by atoms with Crippen LogP contribution in [0.4, 0.5) is 5.69 Å². The second-order valence-electron chi connectivity index (χ2n) is 4.58. The number of aliphatic hydroxyl groups is 1. The highest BCUT2D eigenvalue weighted by Gasteiger charge is 2.36. The number of methoxy groups -OCH3 is 1. The van der Waals surface area contributed by atoms with Gasteiger partial charge in [-0.1, -0.05) is 0 Å². The van der Waals surface area contributed by atoms with E-state index in [1.807, 2.05) is 0 Å². The molecule has 1 aromatic carbocycles. The van der Waals surface area contributed by atoms with Crippen molar-refractivity contribution in [1.29, 1.82) is 0 Å². The molecule has 1 fully saturated rings. The third-order valence-corrected chi connectivity index (χ3v) is 3.40. The molecule has 2 aliphatic rings. The van der Waals surface area contributed by atoms with Crippen LogP contribution in [0.15, 0.2) is 23.2 Å². The summed E-state index contributed by atoms with van der Waals surface area (Å²) in [6.45, 7) is 0.367. The third-order valence-electron chi connectivity index (χ3n) is 3.40. The molecule has 2 heterocycles. The molecule has 1 aromatic rings. The fourth-order valence-electron chi connectivity index (χ4n) is 2.46. The Labute approximate surface area is 105 Å². The van der Waals surface area contributed by atoms with Crippen molar-refractivity contribution >= 4 is 17.8 Å². The lowest BCUT2D eigenvalue weighted by atomic mass is 10.1. The standard InChI is InChI=1S/C13H14N2O3/c1-18-10-2-3-12-11(5-10)13(17)15-7-9(16)4-8(15)6-14-12/h2-3,5-6,8-9,16H,4,7H2,1H3. The lowest BCUT2D eigenvalue weighted by Crippen LogP contribution is -2.35. The van der Waals surface area contributed by atoms with E-state index in [1.54, 1.807) is 36.4 Å². The lowest BCUT2D eigenvalue weighted by molar-refractivity contribution is 0.0749. The summed E-state index contributed by atoms with van der Waals surface area (Å²) in [6.07, 6.45) is 1.84. The summed E-state index contributed by atoms with van der Waals surface area (Å²) in [5.41, 5.74) is 1.19. The molecule has 1 saturated heterocycles. The van der Waals surface area contributed by atoms with Gasteiger partial charge in [-0.25, -0.2) is 0 Å². The molecule has 2 unspecified atom stereocenters. The SMILES string of the molecule is COc1ccc2c(c1)C(=O)N1CC(O)CC1C=N2. The molecule has 0 spiro atoms. The van der Waals surface area contributed by atoms with Crippen molar-refractivity contribution in [3.63, 3.8) is 0 Å². The van der Waals surface area contributed by atoms with Gasteiger partial charge in [0.1, 0.15) is 5.75 Å². The van der Waals surface area contributed by atoms with Gasteiger partial charge in [-0.15, -0.1) is 0 Å². The highest BCUT2D eigenvalue weighted by molar-refractivity contribution is 6.03. The number of hydrogen-bond acceptors (Lipinski definition) is 4. The Morgan fingerprint density at radius 2 is 2.33 bits per heavy atom. The second kappa shape index (κ2) is 4.10. The summed E-state index contributed by atoms with van der Waals surface area (Å²) in [6, 6.07) is 5.16. The second-order valence-corrected chi connectivity index (χ2v) is 4.58. The van der Waals surface area contributed by atoms with Crippen molar-refractivity contribution in [2.75, 3.05) is 13.7 Å². The van der Waals surface area contributed by atoms with E-state index >= 15 is 0 Å². The number of aliphatic imine (C=N–C) groups is 1. The fraction of sp³-hybridized carbons (Fsp3) is 0.385. The average molecular weight is 246 g/mol. The van der Waals surface area contributed by atoms with Gasteiger partial charge >= 0.3 is 0 Å². The van der Waals surface area contributed by atoms with Crippen molar-refractivity contribution in [3.05, 3.63) is 23.8 Å². The number of carbonyl (C=O) groups is 1. The van der Waals surface area contributed by atoms with Gasteiger partial charge in [-0.05, 0) is 18.2 Å². The van der Waals surface area contributed by atoms with Crippen LogP contribution in [0.25, 0.3) is 0 Å². The van der Waals surface area contributed by atoms with E-state index < -0.39 is 6.10 Å². The van der Waals surface area contributed by atoms with Gasteiger partial charge in [-0.2, -0.15) is 0 Å². The number of benzene rings is 1. The number of amides is 1. The molecule has 5 heteroatoms. The van der Waals surface area contributed by atoms with Crippen molar-refractivity contribution in [2.24, 2.45) is 4.99 Å². The number of nitrogens with zero attached hydrogens (tertiary/aromatic N) is 2.